The largest absolute Gasteiger partial charge is 0.283 e. The summed E-state index contributed by atoms with van der Waals surface area (Å²) >= 11 is 7.44. The first-order chi connectivity index (χ1) is 12.7. The number of nitrogens with zero attached hydrogens (tertiary/aromatic N) is 3. The van der Waals surface area contributed by atoms with Gasteiger partial charge in [0.15, 0.2) is 5.17 Å². The normalized spacial score (nSPS) is 17.6. The Kier molecular flexibility index (Phi) is 6.04. The van der Waals surface area contributed by atoms with Crippen molar-refractivity contribution in [2.24, 2.45) is 4.99 Å². The third-order valence-electron chi connectivity index (χ3n) is 3.50. The lowest BCUT2D eigenvalue weighted by molar-refractivity contribution is -0.121. The molecule has 1 aromatic heterocycles. The lowest BCUT2D eigenvalue weighted by Crippen LogP contribution is -2.29. The second kappa shape index (κ2) is 8.65. The number of thioether (sulfide) groups is 1. The molecule has 6 heteroatoms. The molecule has 0 atom stereocenters. The zero-order chi connectivity index (χ0) is 18.4. The molecule has 4 nitrogen and oxygen atoms in total. The van der Waals surface area contributed by atoms with Crippen molar-refractivity contribution in [2.75, 3.05) is 6.54 Å². The zero-order valence-corrected chi connectivity index (χ0v) is 15.5. The second-order valence-corrected chi connectivity index (χ2v) is 6.74. The van der Waals surface area contributed by atoms with E-state index in [-0.39, 0.29) is 5.91 Å². The van der Waals surface area contributed by atoms with Gasteiger partial charge < -0.3 is 0 Å². The van der Waals surface area contributed by atoms with E-state index in [0.29, 0.717) is 27.3 Å². The predicted octanol–water partition coefficient (Wildman–Crippen LogP) is 5.08. The minimum absolute atomic E-state index is 0.100. The summed E-state index contributed by atoms with van der Waals surface area (Å²) < 4.78 is 0. The number of pyridine rings is 1. The van der Waals surface area contributed by atoms with Crippen molar-refractivity contribution in [3.63, 3.8) is 0 Å². The lowest BCUT2D eigenvalue weighted by atomic mass is 10.2. The molecule has 1 aliphatic rings. The lowest BCUT2D eigenvalue weighted by Gasteiger charge is -2.12. The number of amides is 1. The fraction of sp³-hybridized carbons (Fsp3) is 0.0500. The van der Waals surface area contributed by atoms with E-state index in [1.165, 1.54) is 18.0 Å². The first kappa shape index (κ1) is 18.2. The molecule has 0 bridgehead atoms. The highest BCUT2D eigenvalue weighted by Crippen LogP contribution is 2.34. The molecule has 1 aliphatic heterocycles. The van der Waals surface area contributed by atoms with E-state index >= 15 is 0 Å². The molecule has 1 amide bonds. The molecule has 1 aromatic carbocycles. The van der Waals surface area contributed by atoms with E-state index in [0.717, 1.165) is 5.56 Å². The van der Waals surface area contributed by atoms with Gasteiger partial charge >= 0.3 is 0 Å². The van der Waals surface area contributed by atoms with Gasteiger partial charge in [0, 0.05) is 18.9 Å². The number of allylic oxidation sites excluding steroid dienone is 2. The number of aliphatic imine (C=N–C) groups is 1. The van der Waals surface area contributed by atoms with Crippen LogP contribution < -0.4 is 0 Å². The van der Waals surface area contributed by atoms with Crippen LogP contribution in [0.1, 0.15) is 5.56 Å². The number of aromatic nitrogens is 1. The van der Waals surface area contributed by atoms with Gasteiger partial charge in [-0.1, -0.05) is 60.2 Å². The maximum Gasteiger partial charge on any atom is 0.267 e. The Morgan fingerprint density at radius 1 is 1.27 bits per heavy atom. The molecule has 130 valence electrons. The van der Waals surface area contributed by atoms with Crippen molar-refractivity contribution in [1.82, 2.24) is 9.88 Å². The summed E-state index contributed by atoms with van der Waals surface area (Å²) in [5, 5.41) is 1.01. The van der Waals surface area contributed by atoms with Crippen LogP contribution in [-0.4, -0.2) is 27.5 Å². The number of hydrogen-bond donors (Lipinski definition) is 0. The molecule has 0 radical (unpaired) electrons. The Hall–Kier alpha value is -2.63. The highest BCUT2D eigenvalue weighted by Gasteiger charge is 2.32. The van der Waals surface area contributed by atoms with Crippen LogP contribution in [0.3, 0.4) is 0 Å². The first-order valence-electron chi connectivity index (χ1n) is 7.91. The Morgan fingerprint density at radius 3 is 2.81 bits per heavy atom. The minimum Gasteiger partial charge on any atom is -0.283 e. The van der Waals surface area contributed by atoms with Crippen LogP contribution >= 0.6 is 23.4 Å². The van der Waals surface area contributed by atoms with Gasteiger partial charge in [-0.3, -0.25) is 14.7 Å². The Morgan fingerprint density at radius 2 is 2.08 bits per heavy atom. The third kappa shape index (κ3) is 4.31. The summed E-state index contributed by atoms with van der Waals surface area (Å²) in [5.74, 6) is -0.100. The number of carbonyl (C=O) groups excluding carboxylic acids is 1. The molecule has 26 heavy (non-hydrogen) atoms. The van der Waals surface area contributed by atoms with Crippen LogP contribution in [0.2, 0.25) is 5.02 Å². The van der Waals surface area contributed by atoms with Gasteiger partial charge in [-0.05, 0) is 29.5 Å². The highest BCUT2D eigenvalue weighted by atomic mass is 35.5. The fourth-order valence-electron chi connectivity index (χ4n) is 2.27. The van der Waals surface area contributed by atoms with Gasteiger partial charge in [-0.2, -0.15) is 0 Å². The Labute approximate surface area is 161 Å². The van der Waals surface area contributed by atoms with Crippen LogP contribution in [0.5, 0.6) is 0 Å². The first-order valence-corrected chi connectivity index (χ1v) is 9.10. The van der Waals surface area contributed by atoms with Crippen molar-refractivity contribution >= 4 is 46.2 Å². The van der Waals surface area contributed by atoms with Gasteiger partial charge in [0.25, 0.3) is 5.91 Å². The maximum atomic E-state index is 12.7. The van der Waals surface area contributed by atoms with Crippen molar-refractivity contribution in [2.45, 2.75) is 0 Å². The van der Waals surface area contributed by atoms with E-state index in [1.807, 2.05) is 42.5 Å². The van der Waals surface area contributed by atoms with E-state index < -0.39 is 0 Å². The summed E-state index contributed by atoms with van der Waals surface area (Å²) in [7, 11) is 0. The molecular weight excluding hydrogens is 366 g/mol. The minimum atomic E-state index is -0.100. The second-order valence-electron chi connectivity index (χ2n) is 5.33. The van der Waals surface area contributed by atoms with Crippen molar-refractivity contribution in [3.05, 3.63) is 89.1 Å². The van der Waals surface area contributed by atoms with E-state index in [4.69, 9.17) is 11.6 Å². The summed E-state index contributed by atoms with van der Waals surface area (Å²) in [6.45, 7) is 4.10. The monoisotopic (exact) mass is 381 g/mol. The van der Waals surface area contributed by atoms with Gasteiger partial charge in [0.05, 0.1) is 15.6 Å². The third-order valence-corrected chi connectivity index (χ3v) is 4.82. The Balaban J connectivity index is 1.86. The summed E-state index contributed by atoms with van der Waals surface area (Å²) in [6.07, 6.45) is 10.4. The molecule has 2 aromatic rings. The molecule has 1 fully saturated rings. The number of carbonyl (C=O) groups is 1. The summed E-state index contributed by atoms with van der Waals surface area (Å²) in [6, 6.07) is 11.6. The molecular formula is C20H16ClN3OS. The molecule has 2 heterocycles. The highest BCUT2D eigenvalue weighted by molar-refractivity contribution is 8.18. The molecule has 0 N–H and O–H groups in total. The molecule has 0 saturated carbocycles. The molecule has 3 rings (SSSR count). The number of amidine groups is 1. The maximum absolute atomic E-state index is 12.7. The molecule has 0 unspecified atom stereocenters. The van der Waals surface area contributed by atoms with Crippen LogP contribution in [0.15, 0.2) is 83.5 Å². The standard InChI is InChI=1S/C20H16ClN3OS/c1-2-13-24-19(25)18(10-6-9-15-7-4-3-5-8-15)26-20(24)23-17-11-12-22-14-16(17)21/h2-12,14H,1,13H2/b9-6+,18-10-,23-20?. The number of benzene rings is 1. The van der Waals surface area contributed by atoms with Gasteiger partial charge in [0.2, 0.25) is 0 Å². The average Bonchev–Trinajstić information content (AvgIpc) is 2.94. The topological polar surface area (TPSA) is 45.6 Å². The van der Waals surface area contributed by atoms with E-state index in [2.05, 4.69) is 16.6 Å². The number of rotatable bonds is 5. The van der Waals surface area contributed by atoms with Gasteiger partial charge in [-0.15, -0.1) is 6.58 Å². The van der Waals surface area contributed by atoms with Gasteiger partial charge in [-0.25, -0.2) is 4.99 Å². The predicted molar refractivity (Wildman–Crippen MR) is 109 cm³/mol. The quantitative estimate of drug-likeness (QED) is 0.535. The van der Waals surface area contributed by atoms with Crippen molar-refractivity contribution in [3.8, 4) is 0 Å². The summed E-state index contributed by atoms with van der Waals surface area (Å²) in [4.78, 5) is 23.3. The zero-order valence-electron chi connectivity index (χ0n) is 13.9. The summed E-state index contributed by atoms with van der Waals surface area (Å²) in [5.41, 5.74) is 1.65. The van der Waals surface area contributed by atoms with Crippen LogP contribution in [0.25, 0.3) is 6.08 Å². The fourth-order valence-corrected chi connectivity index (χ4v) is 3.38. The van der Waals surface area contributed by atoms with Crippen LogP contribution in [0.4, 0.5) is 5.69 Å². The number of halogens is 1. The van der Waals surface area contributed by atoms with Crippen LogP contribution in [-0.2, 0) is 4.79 Å². The average molecular weight is 382 g/mol. The van der Waals surface area contributed by atoms with Crippen molar-refractivity contribution in [1.29, 1.82) is 0 Å². The number of hydrogen-bond acceptors (Lipinski definition) is 4. The molecule has 0 spiro atoms. The van der Waals surface area contributed by atoms with Crippen LogP contribution in [0, 0.1) is 0 Å². The molecule has 0 aliphatic carbocycles. The van der Waals surface area contributed by atoms with E-state index in [1.54, 1.807) is 29.3 Å². The SMILES string of the molecule is C=CCN1C(=O)/C(=C/C=C/c2ccccc2)SC1=Nc1ccncc1Cl. The molecule has 1 saturated heterocycles. The van der Waals surface area contributed by atoms with Gasteiger partial charge in [0.1, 0.15) is 0 Å². The smallest absolute Gasteiger partial charge is 0.267 e. The van der Waals surface area contributed by atoms with E-state index in [9.17, 15) is 4.79 Å². The van der Waals surface area contributed by atoms with Crippen molar-refractivity contribution < 1.29 is 4.79 Å². The Bertz CT molecular complexity index is 906.